The molecule has 27 heavy (non-hydrogen) atoms. The summed E-state index contributed by atoms with van der Waals surface area (Å²) in [4.78, 5) is 24.0. The largest absolute Gasteiger partial charge is 0.451 e. The average Bonchev–Trinajstić information content (AvgIpc) is 3.16. The molecule has 0 fully saturated rings. The minimum Gasteiger partial charge on any atom is -0.451 e. The molecular formula is C20H20N4O3. The van der Waals surface area contributed by atoms with Crippen LogP contribution in [0.15, 0.2) is 60.8 Å². The van der Waals surface area contributed by atoms with Crippen molar-refractivity contribution in [3.8, 4) is 0 Å². The Kier molecular flexibility index (Phi) is 5.94. The Balaban J connectivity index is 1.49. The number of esters is 1. The van der Waals surface area contributed by atoms with E-state index in [4.69, 9.17) is 4.74 Å². The van der Waals surface area contributed by atoms with Crippen LogP contribution in [0.25, 0.3) is 0 Å². The molecule has 138 valence electrons. The maximum atomic E-state index is 12.0. The van der Waals surface area contributed by atoms with Crippen LogP contribution in [0.2, 0.25) is 0 Å². The van der Waals surface area contributed by atoms with Gasteiger partial charge >= 0.3 is 5.97 Å². The number of carbonyl (C=O) groups excluding carboxylic acids is 2. The molecule has 1 aromatic heterocycles. The van der Waals surface area contributed by atoms with Gasteiger partial charge in [-0.3, -0.25) is 4.79 Å². The number of nitrogens with zero attached hydrogens (tertiary/aromatic N) is 3. The highest BCUT2D eigenvalue weighted by Gasteiger charge is 2.14. The molecule has 0 bridgehead atoms. The number of ether oxygens (including phenoxy) is 1. The summed E-state index contributed by atoms with van der Waals surface area (Å²) in [6.07, 6.45) is 2.42. The lowest BCUT2D eigenvalue weighted by Gasteiger charge is -2.06. The van der Waals surface area contributed by atoms with Crippen LogP contribution in [0.5, 0.6) is 0 Å². The van der Waals surface area contributed by atoms with Gasteiger partial charge in [0.15, 0.2) is 12.3 Å². The van der Waals surface area contributed by atoms with Crippen LogP contribution >= 0.6 is 0 Å². The molecule has 0 aliphatic carbocycles. The summed E-state index contributed by atoms with van der Waals surface area (Å²) in [5.41, 5.74) is 2.93. The van der Waals surface area contributed by atoms with Crippen molar-refractivity contribution in [2.45, 2.75) is 19.9 Å². The number of aryl methyl sites for hydroxylation is 1. The zero-order valence-corrected chi connectivity index (χ0v) is 15.0. The Morgan fingerprint density at radius 2 is 1.78 bits per heavy atom. The van der Waals surface area contributed by atoms with Gasteiger partial charge in [0.25, 0.3) is 5.91 Å². The van der Waals surface area contributed by atoms with Crippen LogP contribution in [0.4, 0.5) is 5.69 Å². The van der Waals surface area contributed by atoms with Crippen molar-refractivity contribution in [2.24, 2.45) is 0 Å². The van der Waals surface area contributed by atoms with E-state index in [2.05, 4.69) is 22.6 Å². The fourth-order valence-electron chi connectivity index (χ4n) is 2.47. The van der Waals surface area contributed by atoms with Crippen molar-refractivity contribution in [2.75, 3.05) is 11.9 Å². The number of nitrogens with one attached hydrogen (secondary N) is 1. The molecule has 7 nitrogen and oxygen atoms in total. The van der Waals surface area contributed by atoms with Gasteiger partial charge in [-0.15, -0.1) is 5.10 Å². The molecule has 0 spiro atoms. The first-order valence-electron chi connectivity index (χ1n) is 8.64. The van der Waals surface area contributed by atoms with Gasteiger partial charge in [-0.1, -0.05) is 54.6 Å². The van der Waals surface area contributed by atoms with E-state index in [9.17, 15) is 9.59 Å². The number of amides is 1. The van der Waals surface area contributed by atoms with E-state index >= 15 is 0 Å². The highest BCUT2D eigenvalue weighted by molar-refractivity contribution is 5.94. The molecule has 7 heteroatoms. The smallest absolute Gasteiger partial charge is 0.361 e. The highest BCUT2D eigenvalue weighted by atomic mass is 16.5. The molecule has 3 aromatic rings. The molecule has 0 saturated heterocycles. The van der Waals surface area contributed by atoms with Crippen molar-refractivity contribution in [3.05, 3.63) is 77.6 Å². The summed E-state index contributed by atoms with van der Waals surface area (Å²) in [5, 5.41) is 10.4. The average molecular weight is 364 g/mol. The predicted molar refractivity (Wildman–Crippen MR) is 100 cm³/mol. The maximum absolute atomic E-state index is 12.0. The van der Waals surface area contributed by atoms with E-state index < -0.39 is 11.9 Å². The summed E-state index contributed by atoms with van der Waals surface area (Å²) >= 11 is 0. The van der Waals surface area contributed by atoms with Crippen molar-refractivity contribution < 1.29 is 14.3 Å². The van der Waals surface area contributed by atoms with E-state index in [1.807, 2.05) is 54.6 Å². The maximum Gasteiger partial charge on any atom is 0.361 e. The predicted octanol–water partition coefficient (Wildman–Crippen LogP) is 2.68. The lowest BCUT2D eigenvalue weighted by Crippen LogP contribution is -2.21. The number of benzene rings is 2. The van der Waals surface area contributed by atoms with Crippen molar-refractivity contribution >= 4 is 17.6 Å². The first-order chi connectivity index (χ1) is 13.1. The lowest BCUT2D eigenvalue weighted by molar-refractivity contribution is -0.119. The highest BCUT2D eigenvalue weighted by Crippen LogP contribution is 2.10. The molecule has 0 atom stereocenters. The SMILES string of the molecule is CCc1ccc(NC(=O)COC(=O)c2cn(Cc3ccccc3)nn2)cc1. The Morgan fingerprint density at radius 3 is 2.48 bits per heavy atom. The van der Waals surface area contributed by atoms with E-state index in [1.54, 1.807) is 4.68 Å². The monoisotopic (exact) mass is 364 g/mol. The van der Waals surface area contributed by atoms with E-state index in [1.165, 1.54) is 11.8 Å². The van der Waals surface area contributed by atoms with E-state index in [0.29, 0.717) is 12.2 Å². The third kappa shape index (κ3) is 5.24. The second-order valence-corrected chi connectivity index (χ2v) is 5.96. The summed E-state index contributed by atoms with van der Waals surface area (Å²) in [6, 6.07) is 17.2. The molecule has 1 amide bonds. The van der Waals surface area contributed by atoms with Crippen LogP contribution in [0.1, 0.15) is 28.5 Å². The van der Waals surface area contributed by atoms with Crippen LogP contribution in [0.3, 0.4) is 0 Å². The second-order valence-electron chi connectivity index (χ2n) is 5.96. The third-order valence-corrected chi connectivity index (χ3v) is 3.92. The molecule has 1 N–H and O–H groups in total. The van der Waals surface area contributed by atoms with Gasteiger partial charge < -0.3 is 10.1 Å². The van der Waals surface area contributed by atoms with Gasteiger partial charge in [-0.25, -0.2) is 9.48 Å². The van der Waals surface area contributed by atoms with Gasteiger partial charge in [-0.05, 0) is 29.7 Å². The molecule has 0 saturated carbocycles. The standard InChI is InChI=1S/C20H20N4O3/c1-2-15-8-10-17(11-9-15)21-19(25)14-27-20(26)18-13-24(23-22-18)12-16-6-4-3-5-7-16/h3-11,13H,2,12,14H2,1H3,(H,21,25). The molecule has 0 unspecified atom stereocenters. The van der Waals surface area contributed by atoms with Gasteiger partial charge in [0.05, 0.1) is 12.7 Å². The van der Waals surface area contributed by atoms with Crippen LogP contribution < -0.4 is 5.32 Å². The minimum atomic E-state index is -0.689. The number of hydrogen-bond acceptors (Lipinski definition) is 5. The van der Waals surface area contributed by atoms with Crippen LogP contribution in [0, 0.1) is 0 Å². The Morgan fingerprint density at radius 1 is 1.04 bits per heavy atom. The minimum absolute atomic E-state index is 0.0611. The molecule has 1 heterocycles. The summed E-state index contributed by atoms with van der Waals surface area (Å²) < 4.78 is 6.55. The van der Waals surface area contributed by atoms with Crippen molar-refractivity contribution in [1.29, 1.82) is 0 Å². The van der Waals surface area contributed by atoms with Crippen molar-refractivity contribution in [3.63, 3.8) is 0 Å². The Labute approximate surface area is 157 Å². The lowest BCUT2D eigenvalue weighted by atomic mass is 10.1. The summed E-state index contributed by atoms with van der Waals surface area (Å²) in [6.45, 7) is 2.17. The number of hydrogen-bond donors (Lipinski definition) is 1. The second kappa shape index (κ2) is 8.75. The number of rotatable bonds is 7. The molecule has 0 radical (unpaired) electrons. The topological polar surface area (TPSA) is 86.1 Å². The number of anilines is 1. The van der Waals surface area contributed by atoms with Gasteiger partial charge in [-0.2, -0.15) is 0 Å². The molecule has 3 rings (SSSR count). The normalized spacial score (nSPS) is 10.4. The molecule has 0 aliphatic heterocycles. The van der Waals surface area contributed by atoms with Gasteiger partial charge in [0.1, 0.15) is 0 Å². The number of carbonyl (C=O) groups is 2. The number of aromatic nitrogens is 3. The quantitative estimate of drug-likeness (QED) is 0.652. The zero-order valence-electron chi connectivity index (χ0n) is 15.0. The first-order valence-corrected chi connectivity index (χ1v) is 8.64. The molecule has 2 aromatic carbocycles. The van der Waals surface area contributed by atoms with E-state index in [0.717, 1.165) is 12.0 Å². The Bertz CT molecular complexity index is 904. The van der Waals surface area contributed by atoms with Gasteiger partial charge in [0, 0.05) is 5.69 Å². The van der Waals surface area contributed by atoms with Gasteiger partial charge in [0.2, 0.25) is 0 Å². The van der Waals surface area contributed by atoms with Crippen LogP contribution in [-0.4, -0.2) is 33.5 Å². The fraction of sp³-hybridized carbons (Fsp3) is 0.200. The summed E-state index contributed by atoms with van der Waals surface area (Å²) in [5.74, 6) is -1.10. The van der Waals surface area contributed by atoms with Crippen LogP contribution in [-0.2, 0) is 22.5 Å². The summed E-state index contributed by atoms with van der Waals surface area (Å²) in [7, 11) is 0. The fourth-order valence-corrected chi connectivity index (χ4v) is 2.47. The molecular weight excluding hydrogens is 344 g/mol. The first kappa shape index (κ1) is 18.3. The Hall–Kier alpha value is -3.48. The molecule has 0 aliphatic rings. The zero-order chi connectivity index (χ0) is 19.1. The van der Waals surface area contributed by atoms with E-state index in [-0.39, 0.29) is 12.3 Å². The van der Waals surface area contributed by atoms with Crippen molar-refractivity contribution in [1.82, 2.24) is 15.0 Å². The third-order valence-electron chi connectivity index (χ3n) is 3.92.